The van der Waals surface area contributed by atoms with Gasteiger partial charge in [0.15, 0.2) is 6.54 Å². The van der Waals surface area contributed by atoms with Crippen LogP contribution in [0, 0.1) is 5.82 Å². The fourth-order valence-electron chi connectivity index (χ4n) is 2.35. The van der Waals surface area contributed by atoms with E-state index in [0.29, 0.717) is 35.4 Å². The summed E-state index contributed by atoms with van der Waals surface area (Å²) in [6.07, 6.45) is 0. The van der Waals surface area contributed by atoms with Gasteiger partial charge in [0.05, 0.1) is 17.6 Å². The number of benzene rings is 2. The first kappa shape index (κ1) is 15.6. The molecular formula is C17H16ClFN3O+. The molecule has 0 aliphatic carbocycles. The van der Waals surface area contributed by atoms with E-state index in [4.69, 9.17) is 16.1 Å². The molecule has 0 bridgehead atoms. The summed E-state index contributed by atoms with van der Waals surface area (Å²) in [5.41, 5.74) is 1.40. The van der Waals surface area contributed by atoms with Gasteiger partial charge in [-0.2, -0.15) is 4.98 Å². The summed E-state index contributed by atoms with van der Waals surface area (Å²) in [4.78, 5) is 5.38. The number of halogens is 2. The number of nitrogens with zero attached hydrogens (tertiary/aromatic N) is 2. The Hall–Kier alpha value is -2.24. The summed E-state index contributed by atoms with van der Waals surface area (Å²) >= 11 is 6.06. The average molecular weight is 333 g/mol. The van der Waals surface area contributed by atoms with Crippen LogP contribution in [-0.4, -0.2) is 17.2 Å². The highest BCUT2D eigenvalue weighted by Gasteiger charge is 2.16. The number of nitrogens with one attached hydrogen (secondary N) is 1. The lowest BCUT2D eigenvalue weighted by Gasteiger charge is -2.13. The predicted molar refractivity (Wildman–Crippen MR) is 85.4 cm³/mol. The van der Waals surface area contributed by atoms with Gasteiger partial charge in [-0.05, 0) is 12.1 Å². The highest BCUT2D eigenvalue weighted by Crippen LogP contribution is 2.18. The quantitative estimate of drug-likeness (QED) is 0.781. The highest BCUT2D eigenvalue weighted by atomic mass is 35.5. The fraction of sp³-hybridized carbons (Fsp3) is 0.176. The van der Waals surface area contributed by atoms with E-state index in [1.807, 2.05) is 37.4 Å². The fourth-order valence-corrected chi connectivity index (χ4v) is 2.58. The predicted octanol–water partition coefficient (Wildman–Crippen LogP) is 2.74. The zero-order chi connectivity index (χ0) is 16.2. The minimum absolute atomic E-state index is 0.299. The van der Waals surface area contributed by atoms with Gasteiger partial charge in [0.25, 0.3) is 5.89 Å². The van der Waals surface area contributed by atoms with Gasteiger partial charge < -0.3 is 9.42 Å². The van der Waals surface area contributed by atoms with E-state index in [0.717, 1.165) is 10.5 Å². The molecule has 3 aromatic rings. The van der Waals surface area contributed by atoms with Gasteiger partial charge in [0, 0.05) is 5.56 Å². The first-order chi connectivity index (χ1) is 11.1. The molecule has 1 aromatic heterocycles. The molecule has 0 radical (unpaired) electrons. The van der Waals surface area contributed by atoms with Crippen molar-refractivity contribution in [1.82, 2.24) is 10.1 Å². The van der Waals surface area contributed by atoms with Gasteiger partial charge in [-0.3, -0.25) is 0 Å². The number of hydrogen-bond acceptors (Lipinski definition) is 3. The summed E-state index contributed by atoms with van der Waals surface area (Å²) < 4.78 is 19.1. The molecule has 0 fully saturated rings. The molecule has 1 atom stereocenters. The van der Waals surface area contributed by atoms with Crippen LogP contribution in [0.2, 0.25) is 5.02 Å². The van der Waals surface area contributed by atoms with Gasteiger partial charge in [-0.1, -0.05) is 53.2 Å². The Balaban J connectivity index is 1.69. The monoisotopic (exact) mass is 332 g/mol. The summed E-state index contributed by atoms with van der Waals surface area (Å²) in [5, 5.41) is 4.41. The normalized spacial score (nSPS) is 12.3. The van der Waals surface area contributed by atoms with E-state index >= 15 is 0 Å². The molecule has 0 aliphatic heterocycles. The molecule has 4 nitrogen and oxygen atoms in total. The van der Waals surface area contributed by atoms with Crippen molar-refractivity contribution in [3.8, 4) is 11.4 Å². The molecule has 0 aliphatic rings. The second kappa shape index (κ2) is 6.89. The van der Waals surface area contributed by atoms with Crippen LogP contribution < -0.4 is 4.90 Å². The molecule has 0 saturated heterocycles. The second-order valence-electron chi connectivity index (χ2n) is 5.39. The van der Waals surface area contributed by atoms with Crippen LogP contribution in [0.15, 0.2) is 53.1 Å². The third-order valence-electron chi connectivity index (χ3n) is 3.49. The Morgan fingerprint density at radius 2 is 1.87 bits per heavy atom. The summed E-state index contributed by atoms with van der Waals surface area (Å²) in [7, 11) is 1.93. The zero-order valence-electron chi connectivity index (χ0n) is 12.6. The average Bonchev–Trinajstić information content (AvgIpc) is 3.00. The summed E-state index contributed by atoms with van der Waals surface area (Å²) in [6, 6.07) is 14.3. The summed E-state index contributed by atoms with van der Waals surface area (Å²) in [5.74, 6) is 0.762. The highest BCUT2D eigenvalue weighted by molar-refractivity contribution is 6.31. The minimum Gasteiger partial charge on any atom is -0.333 e. The molecule has 0 amide bonds. The molecule has 6 heteroatoms. The van der Waals surface area contributed by atoms with Crippen molar-refractivity contribution in [2.24, 2.45) is 0 Å². The number of aromatic nitrogens is 2. The third kappa shape index (κ3) is 3.75. The Bertz CT molecular complexity index is 771. The molecule has 2 aromatic carbocycles. The van der Waals surface area contributed by atoms with Gasteiger partial charge >= 0.3 is 0 Å². The Labute approximate surface area is 138 Å². The van der Waals surface area contributed by atoms with E-state index in [9.17, 15) is 4.39 Å². The molecule has 1 heterocycles. The maximum absolute atomic E-state index is 13.8. The van der Waals surface area contributed by atoms with E-state index in [2.05, 4.69) is 10.1 Å². The topological polar surface area (TPSA) is 43.4 Å². The first-order valence-corrected chi connectivity index (χ1v) is 7.63. The van der Waals surface area contributed by atoms with Crippen molar-refractivity contribution in [2.45, 2.75) is 13.1 Å². The lowest BCUT2D eigenvalue weighted by Crippen LogP contribution is -3.06. The van der Waals surface area contributed by atoms with Crippen LogP contribution >= 0.6 is 11.6 Å². The van der Waals surface area contributed by atoms with Crippen molar-refractivity contribution < 1.29 is 13.8 Å². The van der Waals surface area contributed by atoms with Crippen LogP contribution in [0.1, 0.15) is 11.5 Å². The molecule has 1 unspecified atom stereocenters. The SMILES string of the molecule is C[NH+](Cc1nc(-c2ccccc2)no1)Cc1c(F)cccc1Cl. The van der Waals surface area contributed by atoms with Gasteiger partial charge in [0.1, 0.15) is 12.4 Å². The molecule has 1 N–H and O–H groups in total. The van der Waals surface area contributed by atoms with E-state index in [1.54, 1.807) is 12.1 Å². The largest absolute Gasteiger partial charge is 0.333 e. The maximum atomic E-state index is 13.8. The van der Waals surface area contributed by atoms with Gasteiger partial charge in [-0.15, -0.1) is 0 Å². The molecule has 0 spiro atoms. The standard InChI is InChI=1S/C17H15ClFN3O/c1-22(10-13-14(18)8-5-9-15(13)19)11-16-20-17(21-23-16)12-6-3-2-4-7-12/h2-9H,10-11H2,1H3/p+1. The van der Waals surface area contributed by atoms with E-state index in [-0.39, 0.29) is 5.82 Å². The third-order valence-corrected chi connectivity index (χ3v) is 3.85. The van der Waals surface area contributed by atoms with Crippen LogP contribution in [0.25, 0.3) is 11.4 Å². The smallest absolute Gasteiger partial charge is 0.282 e. The molecule has 0 saturated carbocycles. The minimum atomic E-state index is -0.299. The van der Waals surface area contributed by atoms with E-state index in [1.165, 1.54) is 6.07 Å². The Morgan fingerprint density at radius 1 is 1.09 bits per heavy atom. The van der Waals surface area contributed by atoms with Crippen LogP contribution in [-0.2, 0) is 13.1 Å². The number of quaternary nitrogens is 1. The second-order valence-corrected chi connectivity index (χ2v) is 5.80. The molecule has 23 heavy (non-hydrogen) atoms. The molecule has 3 rings (SSSR count). The number of rotatable bonds is 5. The van der Waals surface area contributed by atoms with Crippen molar-refractivity contribution in [2.75, 3.05) is 7.05 Å². The van der Waals surface area contributed by atoms with Gasteiger partial charge in [-0.25, -0.2) is 4.39 Å². The van der Waals surface area contributed by atoms with Crippen molar-refractivity contribution in [3.63, 3.8) is 0 Å². The van der Waals surface area contributed by atoms with Crippen molar-refractivity contribution >= 4 is 11.6 Å². The number of hydrogen-bond donors (Lipinski definition) is 1. The van der Waals surface area contributed by atoms with E-state index < -0.39 is 0 Å². The lowest BCUT2D eigenvalue weighted by molar-refractivity contribution is -0.909. The van der Waals surface area contributed by atoms with Gasteiger partial charge in [0.2, 0.25) is 5.82 Å². The molecule has 118 valence electrons. The first-order valence-electron chi connectivity index (χ1n) is 7.25. The maximum Gasteiger partial charge on any atom is 0.282 e. The molecular weight excluding hydrogens is 317 g/mol. The lowest BCUT2D eigenvalue weighted by atomic mass is 10.2. The van der Waals surface area contributed by atoms with Crippen molar-refractivity contribution in [1.29, 1.82) is 0 Å². The zero-order valence-corrected chi connectivity index (χ0v) is 13.3. The Kier molecular flexibility index (Phi) is 4.69. The van der Waals surface area contributed by atoms with Crippen LogP contribution in [0.3, 0.4) is 0 Å². The summed E-state index contributed by atoms with van der Waals surface area (Å²) in [6.45, 7) is 0.930. The Morgan fingerprint density at radius 3 is 2.61 bits per heavy atom. The van der Waals surface area contributed by atoms with Crippen molar-refractivity contribution in [3.05, 3.63) is 70.8 Å². The van der Waals surface area contributed by atoms with Crippen LogP contribution in [0.5, 0.6) is 0 Å². The van der Waals surface area contributed by atoms with Crippen LogP contribution in [0.4, 0.5) is 4.39 Å².